The van der Waals surface area contributed by atoms with Crippen molar-refractivity contribution in [3.8, 4) is 34.7 Å². The van der Waals surface area contributed by atoms with E-state index in [1.165, 1.54) is 0 Å². The summed E-state index contributed by atoms with van der Waals surface area (Å²) in [6, 6.07) is 13.4. The monoisotopic (exact) mass is 473 g/mol. The minimum Gasteiger partial charge on any atom is -0.490 e. The van der Waals surface area contributed by atoms with Crippen LogP contribution in [-0.2, 0) is 11.2 Å². The highest BCUT2D eigenvalue weighted by atomic mass is 16.5. The van der Waals surface area contributed by atoms with Gasteiger partial charge in [0.1, 0.15) is 18.4 Å². The topological polar surface area (TPSA) is 134 Å². The number of hydrogen-bond acceptors (Lipinski definition) is 8. The Hall–Kier alpha value is -4.03. The molecule has 0 bridgehead atoms. The number of aromatic nitrogens is 2. The van der Waals surface area contributed by atoms with Crippen LogP contribution in [0, 0.1) is 11.3 Å². The molecule has 1 heterocycles. The summed E-state index contributed by atoms with van der Waals surface area (Å²) in [6.07, 6.45) is 3.49. The lowest BCUT2D eigenvalue weighted by Gasteiger charge is -2.11. The Morgan fingerprint density at radius 2 is 2.26 bits per heavy atom. The summed E-state index contributed by atoms with van der Waals surface area (Å²) >= 11 is 0. The summed E-state index contributed by atoms with van der Waals surface area (Å²) < 4.78 is 11.2. The predicted molar refractivity (Wildman–Crippen MR) is 130 cm³/mol. The lowest BCUT2D eigenvalue weighted by atomic mass is 9.99. The van der Waals surface area contributed by atoms with Crippen molar-refractivity contribution >= 4 is 12.1 Å². The average molecular weight is 474 g/mol. The zero-order valence-corrected chi connectivity index (χ0v) is 19.7. The van der Waals surface area contributed by atoms with Crippen LogP contribution in [0.15, 0.2) is 45.9 Å². The molecule has 35 heavy (non-hydrogen) atoms. The largest absolute Gasteiger partial charge is 0.490 e. The fourth-order valence-electron chi connectivity index (χ4n) is 4.12. The third-order valence-electron chi connectivity index (χ3n) is 5.65. The highest BCUT2D eigenvalue weighted by Crippen LogP contribution is 2.38. The number of amides is 1. The molecule has 2 N–H and O–H groups in total. The second-order valence-corrected chi connectivity index (χ2v) is 8.49. The standard InChI is InChI=1S/C26H27N5O4/c1-16(2)34-23-9-7-17(12-19(23)13-27)26-30-25(31-35-26)22-5-3-4-20-18(6-8-21(20)22)14-28-15-24(33)29-10-11-32/h3-5,7,9,12,14,16,18,32H,6,8,10-11,15H2,1-2H3,(H,29,33). The Kier molecular flexibility index (Phi) is 7.53. The van der Waals surface area contributed by atoms with E-state index in [9.17, 15) is 10.1 Å². The van der Waals surface area contributed by atoms with E-state index >= 15 is 0 Å². The normalized spacial score (nSPS) is 14.8. The van der Waals surface area contributed by atoms with Gasteiger partial charge in [-0.15, -0.1) is 0 Å². The molecular formula is C26H27N5O4. The molecule has 4 rings (SSSR count). The average Bonchev–Trinajstić information content (AvgIpc) is 3.50. The zero-order chi connectivity index (χ0) is 24.8. The molecule has 2 aromatic carbocycles. The number of carbonyl (C=O) groups excluding carboxylic acids is 1. The molecule has 3 aromatic rings. The predicted octanol–water partition coefficient (Wildman–Crippen LogP) is 3.27. The Bertz CT molecular complexity index is 1270. The highest BCUT2D eigenvalue weighted by Gasteiger charge is 2.25. The van der Waals surface area contributed by atoms with Crippen LogP contribution in [-0.4, -0.2) is 53.2 Å². The molecule has 0 saturated heterocycles. The van der Waals surface area contributed by atoms with Gasteiger partial charge < -0.3 is 19.7 Å². The molecule has 0 fully saturated rings. The van der Waals surface area contributed by atoms with Crippen molar-refractivity contribution in [2.45, 2.75) is 38.7 Å². The van der Waals surface area contributed by atoms with Gasteiger partial charge in [-0.3, -0.25) is 9.79 Å². The first-order valence-corrected chi connectivity index (χ1v) is 11.5. The van der Waals surface area contributed by atoms with Gasteiger partial charge in [0, 0.05) is 29.8 Å². The molecule has 1 aromatic heterocycles. The maximum atomic E-state index is 11.7. The Balaban J connectivity index is 1.53. The number of rotatable bonds is 9. The Morgan fingerprint density at radius 3 is 3.03 bits per heavy atom. The highest BCUT2D eigenvalue weighted by molar-refractivity contribution is 5.81. The number of benzene rings is 2. The van der Waals surface area contributed by atoms with Crippen LogP contribution in [0.2, 0.25) is 0 Å². The van der Waals surface area contributed by atoms with Crippen molar-refractivity contribution in [2.24, 2.45) is 4.99 Å². The maximum Gasteiger partial charge on any atom is 0.258 e. The number of nitriles is 1. The molecule has 0 spiro atoms. The fourth-order valence-corrected chi connectivity index (χ4v) is 4.12. The number of fused-ring (bicyclic) bond motifs is 1. The first-order chi connectivity index (χ1) is 17.0. The van der Waals surface area contributed by atoms with Gasteiger partial charge in [0.25, 0.3) is 5.89 Å². The number of carbonyl (C=O) groups is 1. The first-order valence-electron chi connectivity index (χ1n) is 11.5. The minimum atomic E-state index is -0.218. The first kappa shape index (κ1) is 24.1. The SMILES string of the molecule is CC(C)Oc1ccc(-c2nc(-c3cccc4c3CCC4C=NCC(=O)NCCO)no2)cc1C#N. The molecule has 0 radical (unpaired) electrons. The minimum absolute atomic E-state index is 0.0331. The van der Waals surface area contributed by atoms with Gasteiger partial charge >= 0.3 is 0 Å². The molecule has 1 aliphatic carbocycles. The van der Waals surface area contributed by atoms with Crippen LogP contribution < -0.4 is 10.1 Å². The van der Waals surface area contributed by atoms with E-state index in [1.54, 1.807) is 18.2 Å². The molecule has 9 heteroatoms. The molecule has 1 aliphatic rings. The van der Waals surface area contributed by atoms with Crippen LogP contribution in [0.3, 0.4) is 0 Å². The molecule has 180 valence electrons. The van der Waals surface area contributed by atoms with E-state index in [0.717, 1.165) is 29.5 Å². The van der Waals surface area contributed by atoms with Crippen molar-refractivity contribution < 1.29 is 19.2 Å². The van der Waals surface area contributed by atoms with E-state index in [4.69, 9.17) is 14.4 Å². The zero-order valence-electron chi connectivity index (χ0n) is 19.7. The molecule has 1 atom stereocenters. The maximum absolute atomic E-state index is 11.7. The molecule has 9 nitrogen and oxygen atoms in total. The van der Waals surface area contributed by atoms with Gasteiger partial charge in [-0.2, -0.15) is 10.2 Å². The number of aliphatic hydroxyl groups is 1. The quantitative estimate of drug-likeness (QED) is 0.456. The van der Waals surface area contributed by atoms with Gasteiger partial charge in [-0.05, 0) is 56.0 Å². The summed E-state index contributed by atoms with van der Waals surface area (Å²) in [6.45, 7) is 3.98. The van der Waals surface area contributed by atoms with Crippen LogP contribution >= 0.6 is 0 Å². The number of ether oxygens (including phenoxy) is 1. The van der Waals surface area contributed by atoms with Crippen molar-refractivity contribution in [1.29, 1.82) is 5.26 Å². The van der Waals surface area contributed by atoms with Crippen LogP contribution in [0.1, 0.15) is 42.9 Å². The molecule has 1 amide bonds. The second kappa shape index (κ2) is 10.9. The molecule has 0 aliphatic heterocycles. The lowest BCUT2D eigenvalue weighted by molar-refractivity contribution is -0.119. The third-order valence-corrected chi connectivity index (χ3v) is 5.65. The van der Waals surface area contributed by atoms with E-state index in [1.807, 2.05) is 32.2 Å². The van der Waals surface area contributed by atoms with Gasteiger partial charge in [-0.1, -0.05) is 23.4 Å². The van der Waals surface area contributed by atoms with E-state index in [-0.39, 0.29) is 37.6 Å². The summed E-state index contributed by atoms with van der Waals surface area (Å²) in [7, 11) is 0. The number of nitrogens with one attached hydrogen (secondary N) is 1. The summed E-state index contributed by atoms with van der Waals surface area (Å²) in [5.74, 6) is 1.22. The number of nitrogens with zero attached hydrogens (tertiary/aromatic N) is 4. The Morgan fingerprint density at radius 1 is 1.40 bits per heavy atom. The molecule has 0 saturated carbocycles. The third kappa shape index (κ3) is 5.55. The van der Waals surface area contributed by atoms with E-state index in [0.29, 0.717) is 28.6 Å². The van der Waals surface area contributed by atoms with Crippen LogP contribution in [0.4, 0.5) is 0 Å². The van der Waals surface area contributed by atoms with Crippen molar-refractivity contribution in [3.63, 3.8) is 0 Å². The summed E-state index contributed by atoms with van der Waals surface area (Å²) in [5, 5.41) is 25.1. The summed E-state index contributed by atoms with van der Waals surface area (Å²) in [5.41, 5.74) is 4.22. The fraction of sp³-hybridized carbons (Fsp3) is 0.346. The van der Waals surface area contributed by atoms with Crippen molar-refractivity contribution in [3.05, 3.63) is 53.1 Å². The van der Waals surface area contributed by atoms with Crippen molar-refractivity contribution in [1.82, 2.24) is 15.5 Å². The summed E-state index contributed by atoms with van der Waals surface area (Å²) in [4.78, 5) is 20.6. The molecule has 1 unspecified atom stereocenters. The van der Waals surface area contributed by atoms with E-state index < -0.39 is 0 Å². The lowest BCUT2D eigenvalue weighted by Crippen LogP contribution is -2.28. The van der Waals surface area contributed by atoms with Gasteiger partial charge in [0.05, 0.1) is 18.3 Å². The number of aliphatic imine (C=N–C) groups is 1. The second-order valence-electron chi connectivity index (χ2n) is 8.49. The number of aliphatic hydroxyl groups excluding tert-OH is 1. The van der Waals surface area contributed by atoms with E-state index in [2.05, 4.69) is 32.6 Å². The van der Waals surface area contributed by atoms with Crippen LogP contribution in [0.5, 0.6) is 5.75 Å². The van der Waals surface area contributed by atoms with Gasteiger partial charge in [-0.25, -0.2) is 0 Å². The number of hydrogen-bond donors (Lipinski definition) is 2. The molecular weight excluding hydrogens is 446 g/mol. The Labute approximate surface area is 203 Å². The van der Waals surface area contributed by atoms with Gasteiger partial charge in [0.15, 0.2) is 0 Å². The van der Waals surface area contributed by atoms with Crippen LogP contribution in [0.25, 0.3) is 22.8 Å². The van der Waals surface area contributed by atoms with Gasteiger partial charge in [0.2, 0.25) is 11.7 Å². The smallest absolute Gasteiger partial charge is 0.258 e. The van der Waals surface area contributed by atoms with Crippen molar-refractivity contribution in [2.75, 3.05) is 19.7 Å².